The predicted octanol–water partition coefficient (Wildman–Crippen LogP) is 3.18. The van der Waals surface area contributed by atoms with Gasteiger partial charge < -0.3 is 30.2 Å². The van der Waals surface area contributed by atoms with Crippen LogP contribution in [0.1, 0.15) is 39.0 Å². The first-order valence-electron chi connectivity index (χ1n) is 13.6. The molecule has 1 unspecified atom stereocenters. The Morgan fingerprint density at radius 2 is 1.86 bits per heavy atom. The van der Waals surface area contributed by atoms with Crippen LogP contribution in [-0.4, -0.2) is 99.1 Å². The fourth-order valence-electron chi connectivity index (χ4n) is 5.96. The summed E-state index contributed by atoms with van der Waals surface area (Å²) in [4.78, 5) is 26.4. The van der Waals surface area contributed by atoms with E-state index in [0.29, 0.717) is 18.6 Å². The molecule has 0 spiro atoms. The van der Waals surface area contributed by atoms with E-state index in [0.717, 1.165) is 96.0 Å². The molecule has 0 radical (unpaired) electrons. The van der Waals surface area contributed by atoms with Gasteiger partial charge in [0.2, 0.25) is 0 Å². The lowest BCUT2D eigenvalue weighted by atomic mass is 9.92. The van der Waals surface area contributed by atoms with Crippen LogP contribution in [0.4, 0.5) is 16.3 Å². The van der Waals surface area contributed by atoms with Crippen LogP contribution < -0.4 is 15.1 Å². The largest absolute Gasteiger partial charge is 0.450 e. The Balaban J connectivity index is 1.32. The van der Waals surface area contributed by atoms with Gasteiger partial charge in [0, 0.05) is 89.5 Å². The number of piperidine rings is 1. The molecule has 3 fully saturated rings. The van der Waals surface area contributed by atoms with Gasteiger partial charge in [-0.25, -0.2) is 9.78 Å². The van der Waals surface area contributed by atoms with Crippen LogP contribution in [0.25, 0.3) is 0 Å². The van der Waals surface area contributed by atoms with Crippen molar-refractivity contribution >= 4 is 23.8 Å². The maximum Gasteiger partial charge on any atom is 0.409 e. The van der Waals surface area contributed by atoms with Crippen LogP contribution in [-0.2, 0) is 4.74 Å². The van der Waals surface area contributed by atoms with Crippen molar-refractivity contribution < 1.29 is 9.53 Å². The summed E-state index contributed by atoms with van der Waals surface area (Å²) in [5.74, 6) is 1.59. The summed E-state index contributed by atoms with van der Waals surface area (Å²) in [6.07, 6.45) is 10.4. The van der Waals surface area contributed by atoms with Gasteiger partial charge in [-0.05, 0) is 57.2 Å². The minimum absolute atomic E-state index is 0.164. The number of likely N-dealkylation sites (tertiary alicyclic amines) is 1. The molecule has 2 N–H and O–H groups in total. The first-order chi connectivity index (χ1) is 17.6. The third-order valence-corrected chi connectivity index (χ3v) is 7.95. The molecule has 1 aromatic heterocycles. The van der Waals surface area contributed by atoms with Crippen molar-refractivity contribution in [2.24, 2.45) is 5.92 Å². The molecule has 36 heavy (non-hydrogen) atoms. The van der Waals surface area contributed by atoms with Crippen molar-refractivity contribution in [2.75, 3.05) is 75.8 Å². The van der Waals surface area contributed by atoms with Gasteiger partial charge >= 0.3 is 6.09 Å². The Labute approximate surface area is 216 Å². The maximum absolute atomic E-state index is 12.1. The Hall–Kier alpha value is -2.81. The number of rotatable bonds is 7. The van der Waals surface area contributed by atoms with Crippen LogP contribution in [0.2, 0.25) is 0 Å². The Bertz CT molecular complexity index is 892. The molecule has 0 saturated carbocycles. The molecule has 9 heteroatoms. The Morgan fingerprint density at radius 1 is 1.08 bits per heavy atom. The number of carbonyl (C=O) groups is 1. The fourth-order valence-corrected chi connectivity index (χ4v) is 5.96. The molecule has 0 bridgehead atoms. The number of allylic oxidation sites excluding steroid dienone is 2. The molecule has 1 amide bonds. The van der Waals surface area contributed by atoms with Gasteiger partial charge in [0.25, 0.3) is 0 Å². The van der Waals surface area contributed by atoms with Gasteiger partial charge in [-0.1, -0.05) is 0 Å². The summed E-state index contributed by atoms with van der Waals surface area (Å²) in [5.41, 5.74) is 2.40. The topological polar surface area (TPSA) is 88.0 Å². The van der Waals surface area contributed by atoms with E-state index in [2.05, 4.69) is 32.1 Å². The van der Waals surface area contributed by atoms with E-state index in [1.165, 1.54) is 11.9 Å². The van der Waals surface area contributed by atoms with E-state index in [4.69, 9.17) is 15.1 Å². The lowest BCUT2D eigenvalue weighted by molar-refractivity contribution is 0.106. The molecule has 3 aliphatic rings. The van der Waals surface area contributed by atoms with Crippen LogP contribution in [0, 0.1) is 11.3 Å². The van der Waals surface area contributed by atoms with Crippen LogP contribution in [0.5, 0.6) is 0 Å². The highest BCUT2D eigenvalue weighted by atomic mass is 16.6. The summed E-state index contributed by atoms with van der Waals surface area (Å²) < 4.78 is 5.22. The van der Waals surface area contributed by atoms with Crippen molar-refractivity contribution in [1.82, 2.24) is 20.1 Å². The molecule has 4 heterocycles. The summed E-state index contributed by atoms with van der Waals surface area (Å²) in [7, 11) is 1.95. The molecule has 3 saturated heterocycles. The van der Waals surface area contributed by atoms with Gasteiger partial charge in [-0.15, -0.1) is 0 Å². The standard InChI is InChI=1S/C27H43N7O2/c1-3-36-27(35)34-14-5-6-23(11-17-34)31-18-20-33(21-19-31)26-25(7-4-13-30-26)32-15-9-22(10-16-32)24(29-2)8-12-28/h4,7-8,12-13,22-23,28-29H,3,5-6,9-11,14-21H2,1-2H3/b24-8-,28-12?. The lowest BCUT2D eigenvalue weighted by Gasteiger charge is -2.41. The number of nitrogens with one attached hydrogen (secondary N) is 2. The van der Waals surface area contributed by atoms with Crippen molar-refractivity contribution in [1.29, 1.82) is 5.41 Å². The smallest absolute Gasteiger partial charge is 0.409 e. The van der Waals surface area contributed by atoms with Crippen LogP contribution in [0.3, 0.4) is 0 Å². The van der Waals surface area contributed by atoms with E-state index < -0.39 is 0 Å². The van der Waals surface area contributed by atoms with Gasteiger partial charge in [-0.2, -0.15) is 0 Å². The summed E-state index contributed by atoms with van der Waals surface area (Å²) in [6.45, 7) is 9.90. The normalized spacial score (nSPS) is 22.8. The lowest BCUT2D eigenvalue weighted by Crippen LogP contribution is -2.51. The van der Waals surface area contributed by atoms with E-state index in [-0.39, 0.29) is 6.09 Å². The number of hydrogen-bond donors (Lipinski definition) is 2. The predicted molar refractivity (Wildman–Crippen MR) is 145 cm³/mol. The van der Waals surface area contributed by atoms with Crippen molar-refractivity contribution in [3.63, 3.8) is 0 Å². The molecular weight excluding hydrogens is 454 g/mol. The third kappa shape index (κ3) is 6.30. The number of ether oxygens (including phenoxy) is 1. The Morgan fingerprint density at radius 3 is 2.56 bits per heavy atom. The SMILES string of the molecule is CCOC(=O)N1CCCC(N2CCN(c3ncccc3N3CCC(/C(=C/C=N)NC)CC3)CC2)CC1. The highest BCUT2D eigenvalue weighted by molar-refractivity contribution is 5.69. The highest BCUT2D eigenvalue weighted by Gasteiger charge is 2.30. The van der Waals surface area contributed by atoms with Crippen molar-refractivity contribution in [3.8, 4) is 0 Å². The average Bonchev–Trinajstić information content (AvgIpc) is 3.19. The average molecular weight is 498 g/mol. The second kappa shape index (κ2) is 12.9. The molecule has 3 aliphatic heterocycles. The molecule has 4 rings (SSSR count). The first-order valence-corrected chi connectivity index (χ1v) is 13.6. The molecule has 1 atom stereocenters. The number of piperazine rings is 1. The number of aromatic nitrogens is 1. The third-order valence-electron chi connectivity index (χ3n) is 7.95. The molecule has 198 valence electrons. The maximum atomic E-state index is 12.1. The summed E-state index contributed by atoms with van der Waals surface area (Å²) in [6, 6.07) is 4.80. The van der Waals surface area contributed by atoms with Crippen molar-refractivity contribution in [2.45, 2.75) is 45.1 Å². The second-order valence-corrected chi connectivity index (χ2v) is 9.94. The Kier molecular flexibility index (Phi) is 9.44. The van der Waals surface area contributed by atoms with Crippen LogP contribution >= 0.6 is 0 Å². The fraction of sp³-hybridized carbons (Fsp3) is 0.667. The van der Waals surface area contributed by atoms with E-state index in [9.17, 15) is 4.79 Å². The molecule has 9 nitrogen and oxygen atoms in total. The van der Waals surface area contributed by atoms with E-state index >= 15 is 0 Å². The van der Waals surface area contributed by atoms with Gasteiger partial charge in [0.15, 0.2) is 5.82 Å². The molecule has 0 aromatic carbocycles. The molecule has 1 aromatic rings. The molecular formula is C27H43N7O2. The van der Waals surface area contributed by atoms with Crippen molar-refractivity contribution in [3.05, 3.63) is 30.1 Å². The summed E-state index contributed by atoms with van der Waals surface area (Å²) in [5, 5.41) is 10.7. The highest BCUT2D eigenvalue weighted by Crippen LogP contribution is 2.33. The monoisotopic (exact) mass is 497 g/mol. The van der Waals surface area contributed by atoms with Crippen LogP contribution in [0.15, 0.2) is 30.1 Å². The first kappa shape index (κ1) is 26.3. The van der Waals surface area contributed by atoms with Gasteiger partial charge in [0.1, 0.15) is 0 Å². The number of carbonyl (C=O) groups excluding carboxylic acids is 1. The summed E-state index contributed by atoms with van der Waals surface area (Å²) >= 11 is 0. The van der Waals surface area contributed by atoms with E-state index in [1.807, 2.05) is 31.1 Å². The van der Waals surface area contributed by atoms with E-state index in [1.54, 1.807) is 0 Å². The number of hydrogen-bond acceptors (Lipinski definition) is 8. The molecule has 0 aliphatic carbocycles. The number of amides is 1. The number of nitrogens with zero attached hydrogens (tertiary/aromatic N) is 5. The zero-order chi connectivity index (χ0) is 25.3. The zero-order valence-corrected chi connectivity index (χ0v) is 22.0. The minimum Gasteiger partial charge on any atom is -0.450 e. The second-order valence-electron chi connectivity index (χ2n) is 9.94. The number of pyridine rings is 1. The quantitative estimate of drug-likeness (QED) is 0.560. The van der Waals surface area contributed by atoms with Gasteiger partial charge in [-0.3, -0.25) is 4.90 Å². The van der Waals surface area contributed by atoms with Gasteiger partial charge in [0.05, 0.1) is 12.3 Å². The minimum atomic E-state index is -0.164. The zero-order valence-electron chi connectivity index (χ0n) is 22.0. The number of anilines is 2.